The summed E-state index contributed by atoms with van der Waals surface area (Å²) in [6, 6.07) is 0.531. The molecule has 0 aromatic carbocycles. The Morgan fingerprint density at radius 3 is 2.67 bits per heavy atom. The van der Waals surface area contributed by atoms with Crippen LogP contribution in [-0.2, 0) is 4.79 Å². The van der Waals surface area contributed by atoms with Gasteiger partial charge in [-0.05, 0) is 37.8 Å². The number of aliphatic carboxylic acids is 1. The fourth-order valence-electron chi connectivity index (χ4n) is 2.25. The molecule has 0 aliphatic heterocycles. The van der Waals surface area contributed by atoms with Crippen LogP contribution in [0.15, 0.2) is 0 Å². The predicted molar refractivity (Wildman–Crippen MR) is 64.5 cm³/mol. The van der Waals surface area contributed by atoms with Crippen LogP contribution in [0.3, 0.4) is 0 Å². The summed E-state index contributed by atoms with van der Waals surface area (Å²) in [5.74, 6) is 0.439. The maximum Gasteiger partial charge on any atom is 0.317 e. The minimum atomic E-state index is -0.689. The lowest BCUT2D eigenvalue weighted by Crippen LogP contribution is -2.38. The molecule has 1 N–H and O–H groups in total. The zero-order chi connectivity index (χ0) is 11.1. The Labute approximate surface area is 96.2 Å². The third kappa shape index (κ3) is 4.89. The second kappa shape index (κ2) is 7.12. The van der Waals surface area contributed by atoms with Gasteiger partial charge in [-0.1, -0.05) is 12.8 Å². The lowest BCUT2D eigenvalue weighted by molar-refractivity contribution is -0.138. The standard InChI is InChI=1S/C11H21NO2S/c1-15-8-4-7-12(9-11(13)14)10-5-2-3-6-10/h10H,2-9H2,1H3,(H,13,14). The second-order valence-electron chi connectivity index (χ2n) is 4.15. The van der Waals surface area contributed by atoms with Crippen LogP contribution in [0.25, 0.3) is 0 Å². The molecule has 0 radical (unpaired) electrons. The molecule has 15 heavy (non-hydrogen) atoms. The van der Waals surface area contributed by atoms with E-state index in [1.807, 2.05) is 11.8 Å². The molecule has 1 aliphatic rings. The van der Waals surface area contributed by atoms with Crippen molar-refractivity contribution in [2.45, 2.75) is 38.1 Å². The van der Waals surface area contributed by atoms with E-state index in [0.717, 1.165) is 18.7 Å². The molecule has 3 nitrogen and oxygen atoms in total. The molecule has 4 heteroatoms. The fraction of sp³-hybridized carbons (Fsp3) is 0.909. The van der Waals surface area contributed by atoms with Crippen molar-refractivity contribution in [3.63, 3.8) is 0 Å². The Bertz CT molecular complexity index is 193. The molecule has 0 unspecified atom stereocenters. The Morgan fingerprint density at radius 2 is 2.13 bits per heavy atom. The summed E-state index contributed by atoms with van der Waals surface area (Å²) in [7, 11) is 0. The van der Waals surface area contributed by atoms with E-state index in [9.17, 15) is 4.79 Å². The van der Waals surface area contributed by atoms with E-state index >= 15 is 0 Å². The van der Waals surface area contributed by atoms with E-state index in [1.54, 1.807) is 0 Å². The van der Waals surface area contributed by atoms with Crippen LogP contribution < -0.4 is 0 Å². The van der Waals surface area contributed by atoms with Gasteiger partial charge in [0.25, 0.3) is 0 Å². The van der Waals surface area contributed by atoms with E-state index < -0.39 is 5.97 Å². The first-order valence-corrected chi connectivity index (χ1v) is 7.08. The van der Waals surface area contributed by atoms with Crippen molar-refractivity contribution in [2.75, 3.05) is 25.1 Å². The van der Waals surface area contributed by atoms with Crippen LogP contribution in [-0.4, -0.2) is 47.1 Å². The summed E-state index contributed by atoms with van der Waals surface area (Å²) in [6.07, 6.45) is 8.10. The largest absolute Gasteiger partial charge is 0.480 e. The number of hydrogen-bond donors (Lipinski definition) is 1. The van der Waals surface area contributed by atoms with Crippen molar-refractivity contribution < 1.29 is 9.90 Å². The Kier molecular flexibility index (Phi) is 6.10. The molecule has 0 atom stereocenters. The van der Waals surface area contributed by atoms with E-state index in [1.165, 1.54) is 25.7 Å². The number of hydrogen-bond acceptors (Lipinski definition) is 3. The predicted octanol–water partition coefficient (Wildman–Crippen LogP) is 2.07. The van der Waals surface area contributed by atoms with Crippen molar-refractivity contribution in [1.29, 1.82) is 0 Å². The SMILES string of the molecule is CSCCCN(CC(=O)O)C1CCCC1. The van der Waals surface area contributed by atoms with E-state index in [0.29, 0.717) is 6.04 Å². The monoisotopic (exact) mass is 231 g/mol. The van der Waals surface area contributed by atoms with Crippen molar-refractivity contribution in [3.05, 3.63) is 0 Å². The van der Waals surface area contributed by atoms with Gasteiger partial charge in [-0.15, -0.1) is 0 Å². The van der Waals surface area contributed by atoms with Crippen LogP contribution in [0, 0.1) is 0 Å². The molecule has 1 aliphatic carbocycles. The summed E-state index contributed by atoms with van der Waals surface area (Å²) < 4.78 is 0. The van der Waals surface area contributed by atoms with Gasteiger partial charge in [0.05, 0.1) is 6.54 Å². The van der Waals surface area contributed by atoms with Crippen molar-refractivity contribution in [2.24, 2.45) is 0 Å². The second-order valence-corrected chi connectivity index (χ2v) is 5.13. The summed E-state index contributed by atoms with van der Waals surface area (Å²) in [6.45, 7) is 1.16. The minimum Gasteiger partial charge on any atom is -0.480 e. The van der Waals surface area contributed by atoms with Gasteiger partial charge in [0.1, 0.15) is 0 Å². The van der Waals surface area contributed by atoms with Crippen molar-refractivity contribution in [3.8, 4) is 0 Å². The average Bonchev–Trinajstić information content (AvgIpc) is 2.68. The normalized spacial score (nSPS) is 17.5. The number of carbonyl (C=O) groups is 1. The average molecular weight is 231 g/mol. The molecule has 0 spiro atoms. The highest BCUT2D eigenvalue weighted by Crippen LogP contribution is 2.23. The molecular weight excluding hydrogens is 210 g/mol. The third-order valence-corrected chi connectivity index (χ3v) is 3.67. The number of carboxylic acid groups (broad SMARTS) is 1. The first-order chi connectivity index (χ1) is 7.24. The van der Waals surface area contributed by atoms with Crippen LogP contribution in [0.5, 0.6) is 0 Å². The minimum absolute atomic E-state index is 0.221. The number of thioether (sulfide) groups is 1. The van der Waals surface area contributed by atoms with Crippen molar-refractivity contribution >= 4 is 17.7 Å². The zero-order valence-electron chi connectivity index (χ0n) is 9.45. The summed E-state index contributed by atoms with van der Waals surface area (Å²) in [4.78, 5) is 12.9. The molecule has 0 bridgehead atoms. The van der Waals surface area contributed by atoms with Gasteiger partial charge >= 0.3 is 5.97 Å². The topological polar surface area (TPSA) is 40.5 Å². The van der Waals surface area contributed by atoms with Gasteiger partial charge in [0.2, 0.25) is 0 Å². The molecule has 88 valence electrons. The summed E-state index contributed by atoms with van der Waals surface area (Å²) in [5.41, 5.74) is 0. The zero-order valence-corrected chi connectivity index (χ0v) is 10.3. The molecule has 1 rings (SSSR count). The Morgan fingerprint density at radius 1 is 1.47 bits per heavy atom. The molecule has 1 fully saturated rings. The summed E-state index contributed by atoms with van der Waals surface area (Å²) in [5, 5.41) is 8.85. The number of carboxylic acids is 1. The lowest BCUT2D eigenvalue weighted by Gasteiger charge is -2.26. The summed E-state index contributed by atoms with van der Waals surface area (Å²) >= 11 is 1.83. The van der Waals surface area contributed by atoms with Gasteiger partial charge in [-0.2, -0.15) is 11.8 Å². The molecule has 0 aromatic rings. The van der Waals surface area contributed by atoms with E-state index in [-0.39, 0.29) is 6.54 Å². The van der Waals surface area contributed by atoms with Gasteiger partial charge < -0.3 is 5.11 Å². The molecular formula is C11H21NO2S. The van der Waals surface area contributed by atoms with Gasteiger partial charge in [0, 0.05) is 6.04 Å². The van der Waals surface area contributed by atoms with Crippen LogP contribution in [0.4, 0.5) is 0 Å². The van der Waals surface area contributed by atoms with E-state index in [2.05, 4.69) is 11.2 Å². The Hall–Kier alpha value is -0.220. The number of nitrogens with zero attached hydrogens (tertiary/aromatic N) is 1. The number of rotatable bonds is 7. The van der Waals surface area contributed by atoms with Crippen LogP contribution in [0.2, 0.25) is 0 Å². The van der Waals surface area contributed by atoms with Gasteiger partial charge in [-0.3, -0.25) is 9.69 Å². The quantitative estimate of drug-likeness (QED) is 0.681. The highest BCUT2D eigenvalue weighted by atomic mass is 32.2. The molecule has 0 heterocycles. The van der Waals surface area contributed by atoms with Crippen molar-refractivity contribution in [1.82, 2.24) is 4.90 Å². The molecule has 1 saturated carbocycles. The smallest absolute Gasteiger partial charge is 0.317 e. The molecule has 0 aromatic heterocycles. The first kappa shape index (κ1) is 12.8. The van der Waals surface area contributed by atoms with E-state index in [4.69, 9.17) is 5.11 Å². The lowest BCUT2D eigenvalue weighted by atomic mass is 10.2. The maximum atomic E-state index is 10.8. The molecule has 0 amide bonds. The highest BCUT2D eigenvalue weighted by molar-refractivity contribution is 7.98. The third-order valence-electron chi connectivity index (χ3n) is 2.97. The highest BCUT2D eigenvalue weighted by Gasteiger charge is 2.23. The fourth-order valence-corrected chi connectivity index (χ4v) is 2.66. The Balaban J connectivity index is 2.33. The van der Waals surface area contributed by atoms with Gasteiger partial charge in [-0.25, -0.2) is 0 Å². The van der Waals surface area contributed by atoms with Gasteiger partial charge in [0.15, 0.2) is 0 Å². The van der Waals surface area contributed by atoms with Crippen LogP contribution >= 0.6 is 11.8 Å². The maximum absolute atomic E-state index is 10.8. The van der Waals surface area contributed by atoms with Crippen LogP contribution in [0.1, 0.15) is 32.1 Å². The first-order valence-electron chi connectivity index (χ1n) is 5.69. The molecule has 0 saturated heterocycles.